The third-order valence-corrected chi connectivity index (χ3v) is 3.01. The van der Waals surface area contributed by atoms with E-state index in [1.54, 1.807) is 7.11 Å². The van der Waals surface area contributed by atoms with Crippen LogP contribution in [0.25, 0.3) is 0 Å². The smallest absolute Gasteiger partial charge is 0.253 e. The molecule has 2 rings (SSSR count). The van der Waals surface area contributed by atoms with Crippen molar-refractivity contribution in [3.8, 4) is 5.75 Å². The van der Waals surface area contributed by atoms with Crippen molar-refractivity contribution in [2.24, 2.45) is 0 Å². The number of ether oxygens (including phenoxy) is 1. The predicted octanol–water partition coefficient (Wildman–Crippen LogP) is 1.87. The molecular weight excluding hydrogens is 256 g/mol. The Morgan fingerprint density at radius 3 is 2.45 bits per heavy atom. The van der Waals surface area contributed by atoms with Crippen LogP contribution in [0.3, 0.4) is 0 Å². The third-order valence-electron chi connectivity index (χ3n) is 3.01. The molecule has 0 spiro atoms. The maximum absolute atomic E-state index is 12.0. The first kappa shape index (κ1) is 13.9. The van der Waals surface area contributed by atoms with Gasteiger partial charge >= 0.3 is 0 Å². The second-order valence-corrected chi connectivity index (χ2v) is 4.41. The van der Waals surface area contributed by atoms with E-state index in [0.717, 1.165) is 11.3 Å². The standard InChI is InChI=1S/C15H16N2O3/c1-10(11-3-6-13(20-2)7-4-11)17-15(19)12-5-8-14(18)16-9-12/h3-10H,1-2H3,(H,16,18)(H,17,19)/t10-/m0/s1. The van der Waals surface area contributed by atoms with Gasteiger partial charge in [-0.3, -0.25) is 9.59 Å². The summed E-state index contributed by atoms with van der Waals surface area (Å²) in [6.07, 6.45) is 1.40. The van der Waals surface area contributed by atoms with Gasteiger partial charge in [0, 0.05) is 12.3 Å². The number of nitrogens with one attached hydrogen (secondary N) is 2. The lowest BCUT2D eigenvalue weighted by Gasteiger charge is -2.14. The Bertz CT molecular complexity index is 626. The fraction of sp³-hybridized carbons (Fsp3) is 0.200. The van der Waals surface area contributed by atoms with Gasteiger partial charge in [-0.05, 0) is 30.7 Å². The molecule has 0 aliphatic carbocycles. The molecule has 104 valence electrons. The van der Waals surface area contributed by atoms with Crippen LogP contribution in [-0.2, 0) is 0 Å². The topological polar surface area (TPSA) is 71.2 Å². The molecule has 0 bridgehead atoms. The molecule has 0 aliphatic rings. The highest BCUT2D eigenvalue weighted by Crippen LogP contribution is 2.17. The Hall–Kier alpha value is -2.56. The Kier molecular flexibility index (Phi) is 4.20. The first-order chi connectivity index (χ1) is 9.60. The van der Waals surface area contributed by atoms with Crippen LogP contribution in [-0.4, -0.2) is 18.0 Å². The van der Waals surface area contributed by atoms with Gasteiger partial charge in [-0.15, -0.1) is 0 Å². The average molecular weight is 272 g/mol. The van der Waals surface area contributed by atoms with Crippen molar-refractivity contribution in [1.82, 2.24) is 10.3 Å². The van der Waals surface area contributed by atoms with Crippen molar-refractivity contribution < 1.29 is 9.53 Å². The fourth-order valence-electron chi connectivity index (χ4n) is 1.81. The maximum Gasteiger partial charge on any atom is 0.253 e. The van der Waals surface area contributed by atoms with Crippen LogP contribution >= 0.6 is 0 Å². The largest absolute Gasteiger partial charge is 0.497 e. The number of aromatic nitrogens is 1. The van der Waals surface area contributed by atoms with Gasteiger partial charge in [0.15, 0.2) is 0 Å². The van der Waals surface area contributed by atoms with Crippen LogP contribution in [0.1, 0.15) is 28.9 Å². The van der Waals surface area contributed by atoms with Gasteiger partial charge < -0.3 is 15.0 Å². The van der Waals surface area contributed by atoms with E-state index in [1.807, 2.05) is 31.2 Å². The van der Waals surface area contributed by atoms with Crippen molar-refractivity contribution in [1.29, 1.82) is 0 Å². The quantitative estimate of drug-likeness (QED) is 0.892. The highest BCUT2D eigenvalue weighted by Gasteiger charge is 2.11. The first-order valence-electron chi connectivity index (χ1n) is 6.23. The minimum atomic E-state index is -0.232. The number of pyridine rings is 1. The predicted molar refractivity (Wildman–Crippen MR) is 75.9 cm³/mol. The van der Waals surface area contributed by atoms with Crippen LogP contribution in [0.15, 0.2) is 47.4 Å². The van der Waals surface area contributed by atoms with Crippen LogP contribution < -0.4 is 15.6 Å². The summed E-state index contributed by atoms with van der Waals surface area (Å²) in [5.41, 5.74) is 1.17. The number of carbonyl (C=O) groups excluding carboxylic acids is 1. The van der Waals surface area contributed by atoms with E-state index in [4.69, 9.17) is 4.74 Å². The molecule has 1 atom stereocenters. The molecule has 2 N–H and O–H groups in total. The minimum absolute atomic E-state index is 0.139. The van der Waals surface area contributed by atoms with E-state index in [2.05, 4.69) is 10.3 Å². The van der Waals surface area contributed by atoms with Gasteiger partial charge in [-0.25, -0.2) is 0 Å². The lowest BCUT2D eigenvalue weighted by Crippen LogP contribution is -2.27. The number of rotatable bonds is 4. The van der Waals surface area contributed by atoms with E-state index >= 15 is 0 Å². The zero-order chi connectivity index (χ0) is 14.5. The van der Waals surface area contributed by atoms with Crippen LogP contribution in [0, 0.1) is 0 Å². The van der Waals surface area contributed by atoms with E-state index in [0.29, 0.717) is 5.56 Å². The molecule has 1 heterocycles. The van der Waals surface area contributed by atoms with Crippen molar-refractivity contribution in [3.63, 3.8) is 0 Å². The number of benzene rings is 1. The van der Waals surface area contributed by atoms with Crippen molar-refractivity contribution in [3.05, 3.63) is 64.1 Å². The Morgan fingerprint density at radius 1 is 1.20 bits per heavy atom. The average Bonchev–Trinajstić information content (AvgIpc) is 2.48. The van der Waals surface area contributed by atoms with Gasteiger partial charge in [0.05, 0.1) is 18.7 Å². The van der Waals surface area contributed by atoms with E-state index in [1.165, 1.54) is 18.3 Å². The highest BCUT2D eigenvalue weighted by molar-refractivity contribution is 5.94. The van der Waals surface area contributed by atoms with E-state index in [-0.39, 0.29) is 17.5 Å². The normalized spacial score (nSPS) is 11.7. The van der Waals surface area contributed by atoms with Gasteiger partial charge in [-0.2, -0.15) is 0 Å². The number of hydrogen-bond acceptors (Lipinski definition) is 3. The summed E-state index contributed by atoms with van der Waals surface area (Å²) in [7, 11) is 1.61. The molecule has 0 fully saturated rings. The second-order valence-electron chi connectivity index (χ2n) is 4.41. The van der Waals surface area contributed by atoms with E-state index in [9.17, 15) is 9.59 Å². The lowest BCUT2D eigenvalue weighted by atomic mass is 10.1. The SMILES string of the molecule is COc1ccc([C@H](C)NC(=O)c2ccc(=O)[nH]c2)cc1. The van der Waals surface area contributed by atoms with Crippen molar-refractivity contribution >= 4 is 5.91 Å². The van der Waals surface area contributed by atoms with Gasteiger partial charge in [-0.1, -0.05) is 12.1 Å². The monoisotopic (exact) mass is 272 g/mol. The molecule has 0 radical (unpaired) electrons. The summed E-state index contributed by atoms with van der Waals surface area (Å²) in [4.78, 5) is 25.4. The molecule has 0 saturated carbocycles. The number of amides is 1. The van der Waals surface area contributed by atoms with Gasteiger partial charge in [0.25, 0.3) is 5.91 Å². The van der Waals surface area contributed by atoms with Crippen LogP contribution in [0.5, 0.6) is 5.75 Å². The summed E-state index contributed by atoms with van der Waals surface area (Å²) < 4.78 is 5.09. The molecule has 0 unspecified atom stereocenters. The number of hydrogen-bond donors (Lipinski definition) is 2. The Balaban J connectivity index is 2.06. The van der Waals surface area contributed by atoms with E-state index < -0.39 is 0 Å². The highest BCUT2D eigenvalue weighted by atomic mass is 16.5. The summed E-state index contributed by atoms with van der Waals surface area (Å²) >= 11 is 0. The number of carbonyl (C=O) groups is 1. The molecule has 5 nitrogen and oxygen atoms in total. The van der Waals surface area contributed by atoms with Gasteiger partial charge in [0.2, 0.25) is 5.56 Å². The molecule has 20 heavy (non-hydrogen) atoms. The van der Waals surface area contributed by atoms with Crippen molar-refractivity contribution in [2.45, 2.75) is 13.0 Å². The lowest BCUT2D eigenvalue weighted by molar-refractivity contribution is 0.0939. The third kappa shape index (κ3) is 3.26. The Labute approximate surface area is 116 Å². The number of methoxy groups -OCH3 is 1. The summed E-state index contributed by atoms with van der Waals surface area (Å²) in [5.74, 6) is 0.539. The number of H-pyrrole nitrogens is 1. The molecule has 0 aliphatic heterocycles. The number of aromatic amines is 1. The molecule has 5 heteroatoms. The molecular formula is C15H16N2O3. The molecule has 1 aromatic heterocycles. The summed E-state index contributed by atoms with van der Waals surface area (Å²) in [6.45, 7) is 1.89. The zero-order valence-electron chi connectivity index (χ0n) is 11.3. The Morgan fingerprint density at radius 2 is 1.90 bits per heavy atom. The molecule has 1 amide bonds. The zero-order valence-corrected chi connectivity index (χ0v) is 11.3. The molecule has 1 aromatic carbocycles. The first-order valence-corrected chi connectivity index (χ1v) is 6.23. The van der Waals surface area contributed by atoms with Crippen LogP contribution in [0.2, 0.25) is 0 Å². The van der Waals surface area contributed by atoms with Crippen LogP contribution in [0.4, 0.5) is 0 Å². The van der Waals surface area contributed by atoms with Crippen molar-refractivity contribution in [2.75, 3.05) is 7.11 Å². The summed E-state index contributed by atoms with van der Waals surface area (Å²) in [5, 5.41) is 2.87. The molecule has 0 saturated heterocycles. The molecule has 2 aromatic rings. The second kappa shape index (κ2) is 6.06. The van der Waals surface area contributed by atoms with Gasteiger partial charge in [0.1, 0.15) is 5.75 Å². The minimum Gasteiger partial charge on any atom is -0.497 e. The summed E-state index contributed by atoms with van der Waals surface area (Å²) in [6, 6.07) is 10.2. The fourth-order valence-corrected chi connectivity index (χ4v) is 1.81. The maximum atomic E-state index is 12.0.